The topological polar surface area (TPSA) is 100 Å². The Morgan fingerprint density at radius 1 is 1.20 bits per heavy atom. The molecular formula is C16H27B2NO6. The molecule has 2 unspecified atom stereocenters. The van der Waals surface area contributed by atoms with Gasteiger partial charge in [0.15, 0.2) is 11.5 Å². The summed E-state index contributed by atoms with van der Waals surface area (Å²) in [4.78, 5) is 11.3. The van der Waals surface area contributed by atoms with Crippen molar-refractivity contribution in [1.82, 2.24) is 0 Å². The van der Waals surface area contributed by atoms with Crippen LogP contribution in [0.3, 0.4) is 0 Å². The second-order valence-electron chi connectivity index (χ2n) is 6.33. The number of rotatable bonds is 10. The maximum Gasteiger partial charge on any atom is 0.594 e. The molecule has 2 aliphatic heterocycles. The Balaban J connectivity index is 2.25. The molecule has 0 aromatic heterocycles. The molecule has 0 spiro atoms. The second-order valence-corrected chi connectivity index (χ2v) is 6.33. The Morgan fingerprint density at radius 3 is 2.48 bits per heavy atom. The molecule has 9 heteroatoms. The summed E-state index contributed by atoms with van der Waals surface area (Å²) < 4.78 is 23.0. The standard InChI is InChI=1S/C16H27B2NO6/c1-4-7-8-11(9-12(20)16(19)21)14-15(25-18(6-3)24-14)13-10-22-17(5-2)23-13/h10-12,20H,4-9H2,1-3H3,(H2,19,21). The van der Waals surface area contributed by atoms with Gasteiger partial charge in [-0.2, -0.15) is 0 Å². The maximum atomic E-state index is 11.3. The number of amides is 1. The number of aliphatic hydroxyl groups is 1. The molecule has 0 aromatic rings. The highest BCUT2D eigenvalue weighted by Gasteiger charge is 2.41. The van der Waals surface area contributed by atoms with Gasteiger partial charge in [0, 0.05) is 18.6 Å². The van der Waals surface area contributed by atoms with Gasteiger partial charge >= 0.3 is 14.2 Å². The molecule has 0 fully saturated rings. The van der Waals surface area contributed by atoms with E-state index in [1.807, 2.05) is 13.8 Å². The molecule has 1 amide bonds. The highest BCUT2D eigenvalue weighted by atomic mass is 16.7. The molecule has 7 nitrogen and oxygen atoms in total. The van der Waals surface area contributed by atoms with Crippen LogP contribution < -0.4 is 5.73 Å². The fraction of sp³-hybridized carbons (Fsp3) is 0.688. The molecule has 25 heavy (non-hydrogen) atoms. The average Bonchev–Trinajstić information content (AvgIpc) is 3.24. The quantitative estimate of drug-likeness (QED) is 0.586. The van der Waals surface area contributed by atoms with Gasteiger partial charge in [-0.05, 0) is 12.8 Å². The van der Waals surface area contributed by atoms with E-state index in [0.717, 1.165) is 19.3 Å². The van der Waals surface area contributed by atoms with Crippen molar-refractivity contribution in [3.05, 3.63) is 23.5 Å². The predicted octanol–water partition coefficient (Wildman–Crippen LogP) is 2.19. The third kappa shape index (κ3) is 4.87. The average molecular weight is 351 g/mol. The number of aliphatic hydroxyl groups excluding tert-OH is 1. The van der Waals surface area contributed by atoms with Crippen LogP contribution in [0.2, 0.25) is 12.6 Å². The highest BCUT2D eigenvalue weighted by molar-refractivity contribution is 6.46. The minimum absolute atomic E-state index is 0.181. The number of allylic oxidation sites excluding steroid dienone is 1. The van der Waals surface area contributed by atoms with E-state index in [4.69, 9.17) is 24.4 Å². The van der Waals surface area contributed by atoms with Gasteiger partial charge in [0.25, 0.3) is 0 Å². The Bertz CT molecular complexity index is 539. The molecule has 138 valence electrons. The van der Waals surface area contributed by atoms with Crippen LogP contribution in [0.4, 0.5) is 0 Å². The number of carbonyl (C=O) groups excluding carboxylic acids is 1. The molecule has 0 radical (unpaired) electrons. The van der Waals surface area contributed by atoms with Crippen molar-refractivity contribution in [3.63, 3.8) is 0 Å². The van der Waals surface area contributed by atoms with E-state index in [1.165, 1.54) is 6.26 Å². The van der Waals surface area contributed by atoms with Crippen LogP contribution in [-0.4, -0.2) is 31.4 Å². The van der Waals surface area contributed by atoms with Crippen LogP contribution in [0.15, 0.2) is 23.5 Å². The normalized spacial score (nSPS) is 19.0. The Morgan fingerprint density at radius 2 is 1.92 bits per heavy atom. The number of unbranched alkanes of at least 4 members (excludes halogenated alkanes) is 1. The molecule has 2 heterocycles. The zero-order valence-electron chi connectivity index (χ0n) is 15.2. The van der Waals surface area contributed by atoms with Crippen LogP contribution in [0.5, 0.6) is 0 Å². The zero-order chi connectivity index (χ0) is 18.4. The van der Waals surface area contributed by atoms with Gasteiger partial charge in [-0.1, -0.05) is 33.6 Å². The first-order chi connectivity index (χ1) is 12.0. The van der Waals surface area contributed by atoms with E-state index in [9.17, 15) is 9.90 Å². The van der Waals surface area contributed by atoms with Gasteiger partial charge in [-0.3, -0.25) is 4.79 Å². The van der Waals surface area contributed by atoms with Crippen LogP contribution in [0, 0.1) is 5.92 Å². The van der Waals surface area contributed by atoms with Crippen molar-refractivity contribution in [2.75, 3.05) is 0 Å². The monoisotopic (exact) mass is 351 g/mol. The number of primary amides is 1. The van der Waals surface area contributed by atoms with Crippen molar-refractivity contribution >= 4 is 20.1 Å². The lowest BCUT2D eigenvalue weighted by Crippen LogP contribution is -2.31. The van der Waals surface area contributed by atoms with Crippen molar-refractivity contribution in [3.8, 4) is 0 Å². The summed E-state index contributed by atoms with van der Waals surface area (Å²) in [5, 5.41) is 9.95. The van der Waals surface area contributed by atoms with Gasteiger partial charge in [-0.15, -0.1) is 0 Å². The van der Waals surface area contributed by atoms with Crippen molar-refractivity contribution < 1.29 is 28.5 Å². The van der Waals surface area contributed by atoms with E-state index >= 15 is 0 Å². The molecular weight excluding hydrogens is 324 g/mol. The Hall–Kier alpha value is -1.76. The smallest absolute Gasteiger partial charge is 0.528 e. The third-order valence-electron chi connectivity index (χ3n) is 4.32. The number of hydrogen-bond acceptors (Lipinski definition) is 6. The summed E-state index contributed by atoms with van der Waals surface area (Å²) in [5.41, 5.74) is 5.22. The minimum atomic E-state index is -1.22. The van der Waals surface area contributed by atoms with Gasteiger partial charge in [0.1, 0.15) is 18.1 Å². The van der Waals surface area contributed by atoms with E-state index < -0.39 is 19.1 Å². The number of hydrogen-bond donors (Lipinski definition) is 2. The maximum absolute atomic E-state index is 11.3. The fourth-order valence-electron chi connectivity index (χ4n) is 2.85. The first kappa shape index (κ1) is 19.6. The third-order valence-corrected chi connectivity index (χ3v) is 4.32. The lowest BCUT2D eigenvalue weighted by Gasteiger charge is -2.20. The summed E-state index contributed by atoms with van der Waals surface area (Å²) in [5.74, 6) is 0.681. The van der Waals surface area contributed by atoms with Crippen LogP contribution in [0.1, 0.15) is 46.5 Å². The van der Waals surface area contributed by atoms with E-state index in [1.54, 1.807) is 0 Å². The van der Waals surface area contributed by atoms with Crippen molar-refractivity contribution in [1.29, 1.82) is 0 Å². The number of carbonyl (C=O) groups is 1. The van der Waals surface area contributed by atoms with Crippen LogP contribution in [-0.2, 0) is 23.4 Å². The summed E-state index contributed by atoms with van der Waals surface area (Å²) in [7, 11) is -0.747. The summed E-state index contributed by atoms with van der Waals surface area (Å²) >= 11 is 0. The van der Waals surface area contributed by atoms with Crippen LogP contribution in [0.25, 0.3) is 0 Å². The van der Waals surface area contributed by atoms with Crippen molar-refractivity contribution in [2.24, 2.45) is 11.7 Å². The van der Waals surface area contributed by atoms with E-state index in [-0.39, 0.29) is 19.5 Å². The summed E-state index contributed by atoms with van der Waals surface area (Å²) in [6.45, 7) is 6.00. The molecule has 2 aliphatic rings. The largest absolute Gasteiger partial charge is 0.594 e. The zero-order valence-corrected chi connectivity index (χ0v) is 15.2. The molecule has 0 saturated heterocycles. The Labute approximate surface area is 149 Å². The molecule has 2 atom stereocenters. The van der Waals surface area contributed by atoms with Crippen LogP contribution >= 0.6 is 0 Å². The van der Waals surface area contributed by atoms with E-state index in [2.05, 4.69) is 6.92 Å². The SMILES string of the molecule is CCCCC(CC(O)C(N)=O)C1=C(C2=COB(CC)O2)OB(CC)O1. The molecule has 0 saturated carbocycles. The van der Waals surface area contributed by atoms with Gasteiger partial charge in [-0.25, -0.2) is 0 Å². The summed E-state index contributed by atoms with van der Waals surface area (Å²) in [6, 6.07) is 0. The molecule has 2 rings (SSSR count). The molecule has 0 bridgehead atoms. The van der Waals surface area contributed by atoms with Gasteiger partial charge in [0.05, 0.1) is 0 Å². The van der Waals surface area contributed by atoms with Gasteiger partial charge in [0.2, 0.25) is 5.91 Å². The first-order valence-electron chi connectivity index (χ1n) is 9.07. The Kier molecular flexibility index (Phi) is 7.11. The molecule has 3 N–H and O–H groups in total. The predicted molar refractivity (Wildman–Crippen MR) is 94.8 cm³/mol. The van der Waals surface area contributed by atoms with Gasteiger partial charge < -0.3 is 29.5 Å². The first-order valence-corrected chi connectivity index (χ1v) is 9.07. The minimum Gasteiger partial charge on any atom is -0.528 e. The second kappa shape index (κ2) is 9.08. The van der Waals surface area contributed by atoms with E-state index in [0.29, 0.717) is 29.9 Å². The lowest BCUT2D eigenvalue weighted by atomic mass is 9.86. The van der Waals surface area contributed by atoms with Crippen molar-refractivity contribution in [2.45, 2.75) is 65.2 Å². The number of nitrogens with two attached hydrogens (primary N) is 1. The fourth-order valence-corrected chi connectivity index (χ4v) is 2.85. The summed E-state index contributed by atoms with van der Waals surface area (Å²) in [6.07, 6.45) is 4.55. The molecule has 0 aliphatic carbocycles. The highest BCUT2D eigenvalue weighted by Crippen LogP contribution is 2.38. The molecule has 0 aromatic carbocycles. The lowest BCUT2D eigenvalue weighted by molar-refractivity contribution is -0.126.